The van der Waals surface area contributed by atoms with Crippen molar-refractivity contribution < 1.29 is 0 Å². The topological polar surface area (TPSA) is 78.3 Å². The van der Waals surface area contributed by atoms with Gasteiger partial charge in [-0.25, -0.2) is 9.67 Å². The molecule has 0 saturated heterocycles. The van der Waals surface area contributed by atoms with Gasteiger partial charge in [0.25, 0.3) is 0 Å². The molecule has 1 aromatic carbocycles. The van der Waals surface area contributed by atoms with Gasteiger partial charge in [0.1, 0.15) is 12.7 Å². The van der Waals surface area contributed by atoms with Crippen LogP contribution in [0.3, 0.4) is 0 Å². The Morgan fingerprint density at radius 2 is 2.06 bits per heavy atom. The highest BCUT2D eigenvalue weighted by molar-refractivity contribution is 5.41. The summed E-state index contributed by atoms with van der Waals surface area (Å²) in [4.78, 5) is 3.79. The number of benzene rings is 1. The lowest BCUT2D eigenvalue weighted by molar-refractivity contribution is 0.618. The smallest absolute Gasteiger partial charge is 0.166 e. The zero-order valence-corrected chi connectivity index (χ0v) is 8.28. The third-order valence-corrected chi connectivity index (χ3v) is 2.20. The number of nitrogens with zero attached hydrogens (tertiary/aromatic N) is 5. The Bertz CT molecular complexity index is 559. The van der Waals surface area contributed by atoms with Gasteiger partial charge in [-0.2, -0.15) is 15.6 Å². The van der Waals surface area contributed by atoms with Crippen LogP contribution in [-0.2, 0) is 0 Å². The van der Waals surface area contributed by atoms with Crippen molar-refractivity contribution in [2.45, 2.75) is 6.04 Å². The van der Waals surface area contributed by atoms with E-state index in [4.69, 9.17) is 10.5 Å². The van der Waals surface area contributed by atoms with Gasteiger partial charge in [0.05, 0.1) is 17.7 Å². The van der Waals surface area contributed by atoms with Gasteiger partial charge in [-0.1, -0.05) is 18.2 Å². The molecular weight excluding hydrogens is 202 g/mol. The number of nitriles is 2. The van der Waals surface area contributed by atoms with Crippen molar-refractivity contribution in [2.24, 2.45) is 0 Å². The van der Waals surface area contributed by atoms with Crippen molar-refractivity contribution in [3.8, 4) is 12.1 Å². The fourth-order valence-corrected chi connectivity index (χ4v) is 1.46. The molecule has 5 heteroatoms. The lowest BCUT2D eigenvalue weighted by Crippen LogP contribution is -2.10. The first-order chi connectivity index (χ1) is 7.86. The van der Waals surface area contributed by atoms with E-state index in [-0.39, 0.29) is 0 Å². The van der Waals surface area contributed by atoms with E-state index < -0.39 is 6.04 Å². The van der Waals surface area contributed by atoms with Crippen molar-refractivity contribution >= 4 is 0 Å². The molecule has 0 N–H and O–H groups in total. The molecule has 2 aromatic rings. The van der Waals surface area contributed by atoms with Gasteiger partial charge in [-0.05, 0) is 6.07 Å². The molecule has 0 aliphatic carbocycles. The lowest BCUT2D eigenvalue weighted by atomic mass is 10.0. The van der Waals surface area contributed by atoms with Gasteiger partial charge in [-0.3, -0.25) is 0 Å². The summed E-state index contributed by atoms with van der Waals surface area (Å²) in [7, 11) is 0. The molecule has 5 nitrogen and oxygen atoms in total. The van der Waals surface area contributed by atoms with Crippen LogP contribution in [0.4, 0.5) is 0 Å². The van der Waals surface area contributed by atoms with Crippen molar-refractivity contribution in [3.05, 3.63) is 48.0 Å². The lowest BCUT2D eigenvalue weighted by Gasteiger charge is -2.10. The van der Waals surface area contributed by atoms with E-state index in [9.17, 15) is 0 Å². The van der Waals surface area contributed by atoms with Gasteiger partial charge in [-0.15, -0.1) is 0 Å². The Kier molecular flexibility index (Phi) is 2.62. The van der Waals surface area contributed by atoms with Crippen LogP contribution >= 0.6 is 0 Å². The van der Waals surface area contributed by atoms with Crippen molar-refractivity contribution in [1.29, 1.82) is 10.5 Å². The Labute approximate surface area is 92.2 Å². The second-order valence-corrected chi connectivity index (χ2v) is 3.11. The molecule has 76 valence electrons. The maximum atomic E-state index is 9.12. The van der Waals surface area contributed by atoms with Gasteiger partial charge in [0, 0.05) is 5.56 Å². The van der Waals surface area contributed by atoms with E-state index in [0.717, 1.165) is 0 Å². The van der Waals surface area contributed by atoms with Gasteiger partial charge in [0.2, 0.25) is 0 Å². The standard InChI is InChI=1S/C11H7N5/c12-5-9-3-1-2-4-10(9)11(6-13)16-8-14-7-15-16/h1-4,7-8,11H. The van der Waals surface area contributed by atoms with E-state index in [1.54, 1.807) is 24.3 Å². The summed E-state index contributed by atoms with van der Waals surface area (Å²) in [6.45, 7) is 0. The zero-order valence-electron chi connectivity index (χ0n) is 8.28. The highest BCUT2D eigenvalue weighted by Gasteiger charge is 2.16. The molecule has 0 amide bonds. The molecular formula is C11H7N5. The second-order valence-electron chi connectivity index (χ2n) is 3.11. The molecule has 1 unspecified atom stereocenters. The average molecular weight is 209 g/mol. The van der Waals surface area contributed by atoms with E-state index in [1.807, 2.05) is 0 Å². The van der Waals surface area contributed by atoms with Crippen LogP contribution in [0.15, 0.2) is 36.9 Å². The minimum atomic E-state index is -0.613. The van der Waals surface area contributed by atoms with Crippen LogP contribution < -0.4 is 0 Å². The van der Waals surface area contributed by atoms with Crippen molar-refractivity contribution in [1.82, 2.24) is 14.8 Å². The van der Waals surface area contributed by atoms with Gasteiger partial charge < -0.3 is 0 Å². The molecule has 0 aliphatic rings. The molecule has 0 fully saturated rings. The van der Waals surface area contributed by atoms with Gasteiger partial charge >= 0.3 is 0 Å². The van der Waals surface area contributed by atoms with Crippen LogP contribution in [0.25, 0.3) is 0 Å². The van der Waals surface area contributed by atoms with Crippen LogP contribution in [0.2, 0.25) is 0 Å². The fraction of sp³-hybridized carbons (Fsp3) is 0.0909. The minimum Gasteiger partial charge on any atom is -0.231 e. The van der Waals surface area contributed by atoms with Crippen LogP contribution in [0, 0.1) is 22.7 Å². The summed E-state index contributed by atoms with van der Waals surface area (Å²) >= 11 is 0. The zero-order chi connectivity index (χ0) is 11.4. The predicted octanol–water partition coefficient (Wildman–Crippen LogP) is 1.26. The van der Waals surface area contributed by atoms with Crippen LogP contribution in [-0.4, -0.2) is 14.8 Å². The summed E-state index contributed by atoms with van der Waals surface area (Å²) in [5.41, 5.74) is 1.11. The summed E-state index contributed by atoms with van der Waals surface area (Å²) in [5, 5.41) is 22.0. The minimum absolute atomic E-state index is 0.476. The Morgan fingerprint density at radius 1 is 1.25 bits per heavy atom. The molecule has 16 heavy (non-hydrogen) atoms. The molecule has 1 atom stereocenters. The maximum Gasteiger partial charge on any atom is 0.166 e. The van der Waals surface area contributed by atoms with Crippen molar-refractivity contribution in [3.63, 3.8) is 0 Å². The van der Waals surface area contributed by atoms with Gasteiger partial charge in [0.15, 0.2) is 6.04 Å². The summed E-state index contributed by atoms with van der Waals surface area (Å²) in [5.74, 6) is 0. The highest BCUT2D eigenvalue weighted by atomic mass is 15.3. The Balaban J connectivity index is 2.51. The van der Waals surface area contributed by atoms with Crippen LogP contribution in [0.1, 0.15) is 17.2 Å². The largest absolute Gasteiger partial charge is 0.231 e. The summed E-state index contributed by atoms with van der Waals surface area (Å²) in [6.07, 6.45) is 2.82. The highest BCUT2D eigenvalue weighted by Crippen LogP contribution is 2.19. The normalized spacial score (nSPS) is 11.4. The molecule has 0 bridgehead atoms. The first-order valence-corrected chi connectivity index (χ1v) is 4.59. The molecule has 1 heterocycles. The molecule has 0 spiro atoms. The number of hydrogen-bond acceptors (Lipinski definition) is 4. The monoisotopic (exact) mass is 209 g/mol. The van der Waals surface area contributed by atoms with E-state index in [2.05, 4.69) is 22.2 Å². The summed E-state index contributed by atoms with van der Waals surface area (Å²) < 4.78 is 1.43. The first-order valence-electron chi connectivity index (χ1n) is 4.59. The third kappa shape index (κ3) is 1.62. The summed E-state index contributed by atoms with van der Waals surface area (Å²) in [6, 6.07) is 10.5. The molecule has 1 aromatic heterocycles. The van der Waals surface area contributed by atoms with Crippen molar-refractivity contribution in [2.75, 3.05) is 0 Å². The number of aromatic nitrogens is 3. The van der Waals surface area contributed by atoms with E-state index in [0.29, 0.717) is 11.1 Å². The average Bonchev–Trinajstić information content (AvgIpc) is 2.84. The second kappa shape index (κ2) is 4.24. The first kappa shape index (κ1) is 9.88. The Morgan fingerprint density at radius 3 is 2.69 bits per heavy atom. The molecule has 0 radical (unpaired) electrons. The number of hydrogen-bond donors (Lipinski definition) is 0. The number of rotatable bonds is 2. The predicted molar refractivity (Wildman–Crippen MR) is 54.9 cm³/mol. The van der Waals surface area contributed by atoms with E-state index in [1.165, 1.54) is 17.3 Å². The fourth-order valence-electron chi connectivity index (χ4n) is 1.46. The quantitative estimate of drug-likeness (QED) is 0.745. The maximum absolute atomic E-state index is 9.12. The SMILES string of the molecule is N#Cc1ccccc1C(C#N)n1cncn1. The molecule has 0 aliphatic heterocycles. The molecule has 0 saturated carbocycles. The Hall–Kier alpha value is -2.66. The van der Waals surface area contributed by atoms with E-state index >= 15 is 0 Å². The third-order valence-electron chi connectivity index (χ3n) is 2.20. The molecule has 2 rings (SSSR count). The van der Waals surface area contributed by atoms with Crippen LogP contribution in [0.5, 0.6) is 0 Å².